The lowest BCUT2D eigenvalue weighted by Crippen LogP contribution is -2.05. The fourth-order valence-electron chi connectivity index (χ4n) is 2.45. The first-order chi connectivity index (χ1) is 11.6. The second-order valence-electron chi connectivity index (χ2n) is 5.07. The number of ether oxygens (including phenoxy) is 1. The summed E-state index contributed by atoms with van der Waals surface area (Å²) in [6, 6.07) is 12.0. The molecule has 0 bridgehead atoms. The van der Waals surface area contributed by atoms with E-state index in [2.05, 4.69) is 10.3 Å². The van der Waals surface area contributed by atoms with E-state index < -0.39 is 5.97 Å². The van der Waals surface area contributed by atoms with Gasteiger partial charge in [0.15, 0.2) is 0 Å². The molecule has 0 fully saturated rings. The van der Waals surface area contributed by atoms with Crippen LogP contribution in [-0.4, -0.2) is 29.5 Å². The van der Waals surface area contributed by atoms with Gasteiger partial charge in [0, 0.05) is 22.8 Å². The van der Waals surface area contributed by atoms with Crippen LogP contribution < -0.4 is 10.1 Å². The van der Waals surface area contributed by atoms with Gasteiger partial charge in [-0.1, -0.05) is 12.1 Å². The van der Waals surface area contributed by atoms with Crippen LogP contribution >= 0.6 is 0 Å². The van der Waals surface area contributed by atoms with Crippen molar-refractivity contribution in [2.24, 2.45) is 0 Å². The molecular formula is C18H14N2O4. The van der Waals surface area contributed by atoms with Crippen LogP contribution in [0.2, 0.25) is 0 Å². The number of carboxylic acids is 1. The number of hydrogen-bond donors (Lipinski definition) is 2. The lowest BCUT2D eigenvalue weighted by atomic mass is 10.1. The molecule has 6 nitrogen and oxygen atoms in total. The van der Waals surface area contributed by atoms with E-state index in [-0.39, 0.29) is 5.56 Å². The Morgan fingerprint density at radius 2 is 1.96 bits per heavy atom. The third-order valence-corrected chi connectivity index (χ3v) is 3.63. The van der Waals surface area contributed by atoms with Gasteiger partial charge in [-0.05, 0) is 30.3 Å². The number of aromatic carboxylic acids is 1. The fourth-order valence-corrected chi connectivity index (χ4v) is 2.45. The van der Waals surface area contributed by atoms with Crippen LogP contribution in [-0.2, 0) is 0 Å². The Hall–Kier alpha value is -3.41. The Kier molecular flexibility index (Phi) is 4.11. The predicted octanol–water partition coefficient (Wildman–Crippen LogP) is 3.50. The van der Waals surface area contributed by atoms with E-state index in [9.17, 15) is 14.7 Å². The van der Waals surface area contributed by atoms with Crippen LogP contribution in [0.3, 0.4) is 0 Å². The maximum absolute atomic E-state index is 11.6. The second kappa shape index (κ2) is 6.37. The molecule has 0 atom stereocenters. The van der Waals surface area contributed by atoms with Crippen LogP contribution in [0.5, 0.6) is 5.75 Å². The van der Waals surface area contributed by atoms with Crippen molar-refractivity contribution in [2.45, 2.75) is 0 Å². The van der Waals surface area contributed by atoms with Crippen LogP contribution in [0.4, 0.5) is 11.4 Å². The van der Waals surface area contributed by atoms with Crippen molar-refractivity contribution < 1.29 is 19.4 Å². The van der Waals surface area contributed by atoms with Gasteiger partial charge in [-0.2, -0.15) is 0 Å². The molecule has 0 saturated heterocycles. The van der Waals surface area contributed by atoms with E-state index in [1.54, 1.807) is 42.5 Å². The highest BCUT2D eigenvalue weighted by molar-refractivity contribution is 6.06. The van der Waals surface area contributed by atoms with E-state index in [4.69, 9.17) is 4.74 Å². The molecule has 0 aliphatic heterocycles. The zero-order valence-electron chi connectivity index (χ0n) is 12.8. The van der Waals surface area contributed by atoms with Crippen molar-refractivity contribution in [3.8, 4) is 5.75 Å². The molecule has 120 valence electrons. The number of carbonyl (C=O) groups is 2. The number of carbonyl (C=O) groups excluding carboxylic acids is 1. The zero-order chi connectivity index (χ0) is 17.1. The van der Waals surface area contributed by atoms with E-state index in [1.165, 1.54) is 13.3 Å². The summed E-state index contributed by atoms with van der Waals surface area (Å²) < 4.78 is 5.29. The number of aldehydes is 1. The summed E-state index contributed by atoms with van der Waals surface area (Å²) >= 11 is 0. The molecule has 0 aliphatic carbocycles. The number of rotatable bonds is 5. The predicted molar refractivity (Wildman–Crippen MR) is 90.4 cm³/mol. The van der Waals surface area contributed by atoms with Gasteiger partial charge in [0.25, 0.3) is 0 Å². The first-order valence-corrected chi connectivity index (χ1v) is 7.15. The minimum Gasteiger partial charge on any atom is -0.494 e. The molecule has 3 aromatic rings. The maximum Gasteiger partial charge on any atom is 0.339 e. The summed E-state index contributed by atoms with van der Waals surface area (Å²) in [5.74, 6) is -0.525. The van der Waals surface area contributed by atoms with Gasteiger partial charge in [0.1, 0.15) is 23.1 Å². The first kappa shape index (κ1) is 15.5. The van der Waals surface area contributed by atoms with E-state index in [0.717, 1.165) is 6.29 Å². The number of hydrogen-bond acceptors (Lipinski definition) is 5. The van der Waals surface area contributed by atoms with Gasteiger partial charge < -0.3 is 15.2 Å². The molecule has 0 spiro atoms. The van der Waals surface area contributed by atoms with E-state index in [1.807, 2.05) is 0 Å². The Morgan fingerprint density at radius 1 is 1.21 bits per heavy atom. The molecule has 24 heavy (non-hydrogen) atoms. The number of pyridine rings is 1. The monoisotopic (exact) mass is 322 g/mol. The lowest BCUT2D eigenvalue weighted by Gasteiger charge is -2.14. The molecule has 2 aromatic carbocycles. The average molecular weight is 322 g/mol. The zero-order valence-corrected chi connectivity index (χ0v) is 12.8. The van der Waals surface area contributed by atoms with Crippen molar-refractivity contribution >= 4 is 34.5 Å². The number of fused-ring (bicyclic) bond motifs is 1. The van der Waals surface area contributed by atoms with Crippen molar-refractivity contribution in [2.75, 3.05) is 12.4 Å². The fraction of sp³-hybridized carbons (Fsp3) is 0.0556. The van der Waals surface area contributed by atoms with Crippen LogP contribution in [0, 0.1) is 0 Å². The topological polar surface area (TPSA) is 88.5 Å². The molecule has 3 rings (SSSR count). The number of para-hydroxylation sites is 1. The van der Waals surface area contributed by atoms with E-state index >= 15 is 0 Å². The normalized spacial score (nSPS) is 10.4. The van der Waals surface area contributed by atoms with Crippen molar-refractivity contribution in [1.82, 2.24) is 4.98 Å². The Labute approximate surface area is 137 Å². The third-order valence-electron chi connectivity index (χ3n) is 3.63. The molecule has 1 aromatic heterocycles. The van der Waals surface area contributed by atoms with Crippen LogP contribution in [0.15, 0.2) is 48.7 Å². The Morgan fingerprint density at radius 3 is 2.58 bits per heavy atom. The molecule has 0 amide bonds. The van der Waals surface area contributed by atoms with Crippen molar-refractivity contribution in [3.63, 3.8) is 0 Å². The number of nitrogens with zero attached hydrogens (tertiary/aromatic N) is 1. The minimum atomic E-state index is -1.08. The first-order valence-electron chi connectivity index (χ1n) is 7.15. The van der Waals surface area contributed by atoms with Crippen molar-refractivity contribution in [1.29, 1.82) is 0 Å². The quantitative estimate of drug-likeness (QED) is 0.699. The largest absolute Gasteiger partial charge is 0.494 e. The molecule has 0 saturated carbocycles. The lowest BCUT2D eigenvalue weighted by molar-refractivity contribution is 0.0697. The smallest absolute Gasteiger partial charge is 0.339 e. The molecule has 2 N–H and O–H groups in total. The van der Waals surface area contributed by atoms with E-state index in [0.29, 0.717) is 33.6 Å². The maximum atomic E-state index is 11.6. The number of benzene rings is 2. The minimum absolute atomic E-state index is 0.0511. The highest BCUT2D eigenvalue weighted by Gasteiger charge is 2.16. The number of aromatic nitrogens is 1. The Bertz CT molecular complexity index is 920. The Balaban J connectivity index is 2.17. The van der Waals surface area contributed by atoms with Crippen LogP contribution in [0.1, 0.15) is 20.7 Å². The number of anilines is 2. The molecule has 0 unspecified atom stereocenters. The summed E-state index contributed by atoms with van der Waals surface area (Å²) in [6.07, 6.45) is 2.05. The van der Waals surface area contributed by atoms with Crippen molar-refractivity contribution in [3.05, 3.63) is 59.8 Å². The van der Waals surface area contributed by atoms with Gasteiger partial charge in [0.05, 0.1) is 12.8 Å². The summed E-state index contributed by atoms with van der Waals surface area (Å²) in [6.45, 7) is 0. The van der Waals surface area contributed by atoms with Gasteiger partial charge >= 0.3 is 5.97 Å². The average Bonchev–Trinajstić information content (AvgIpc) is 2.61. The summed E-state index contributed by atoms with van der Waals surface area (Å²) in [5, 5.41) is 13.2. The van der Waals surface area contributed by atoms with Gasteiger partial charge in [-0.25, -0.2) is 4.79 Å². The molecule has 6 heteroatoms. The summed E-state index contributed by atoms with van der Waals surface area (Å²) in [7, 11) is 1.53. The second-order valence-corrected chi connectivity index (χ2v) is 5.07. The number of carboxylic acid groups (broad SMARTS) is 1. The van der Waals surface area contributed by atoms with Gasteiger partial charge in [0.2, 0.25) is 0 Å². The molecule has 0 aliphatic rings. The number of nitrogens with one attached hydrogen (secondary N) is 1. The number of methoxy groups -OCH3 is 1. The molecule has 0 radical (unpaired) electrons. The van der Waals surface area contributed by atoms with Gasteiger partial charge in [-0.3, -0.25) is 9.78 Å². The molecular weight excluding hydrogens is 308 g/mol. The molecule has 1 heterocycles. The third kappa shape index (κ3) is 2.77. The standard InChI is InChI=1S/C18H14N2O4/c1-24-15-4-2-3-13-16(14(18(22)23)9-19-17(13)15)20-12-7-5-11(10-21)6-8-12/h2-10H,1H3,(H,19,20)(H,22,23). The summed E-state index contributed by atoms with van der Waals surface area (Å²) in [5.41, 5.74) is 2.25. The van der Waals surface area contributed by atoms with Gasteiger partial charge in [-0.15, -0.1) is 0 Å². The highest BCUT2D eigenvalue weighted by atomic mass is 16.5. The summed E-state index contributed by atoms with van der Waals surface area (Å²) in [4.78, 5) is 26.5. The highest BCUT2D eigenvalue weighted by Crippen LogP contribution is 2.33. The van der Waals surface area contributed by atoms with Crippen LogP contribution in [0.25, 0.3) is 10.9 Å². The SMILES string of the molecule is COc1cccc2c(Nc3ccc(C=O)cc3)c(C(=O)O)cnc12.